The van der Waals surface area contributed by atoms with Gasteiger partial charge in [0.25, 0.3) is 5.91 Å². The highest BCUT2D eigenvalue weighted by Gasteiger charge is 2.31. The molecule has 2 amide bonds. The van der Waals surface area contributed by atoms with Crippen LogP contribution in [0.5, 0.6) is 5.75 Å². The van der Waals surface area contributed by atoms with Gasteiger partial charge >= 0.3 is 0 Å². The van der Waals surface area contributed by atoms with Crippen LogP contribution in [-0.4, -0.2) is 34.9 Å². The van der Waals surface area contributed by atoms with Crippen molar-refractivity contribution in [1.82, 2.24) is 10.2 Å². The van der Waals surface area contributed by atoms with Crippen LogP contribution in [0.1, 0.15) is 56.4 Å². The van der Waals surface area contributed by atoms with Crippen LogP contribution in [0, 0.1) is 20.8 Å². The number of aryl methyl sites for hydroxylation is 3. The van der Waals surface area contributed by atoms with Crippen molar-refractivity contribution in [3.05, 3.63) is 63.7 Å². The van der Waals surface area contributed by atoms with Crippen molar-refractivity contribution in [1.29, 1.82) is 0 Å². The van der Waals surface area contributed by atoms with Gasteiger partial charge < -0.3 is 15.0 Å². The lowest BCUT2D eigenvalue weighted by Gasteiger charge is -2.33. The zero-order chi connectivity index (χ0) is 24.1. The molecule has 2 aromatic rings. The molecular weight excluding hydrogens is 424 g/mol. The Labute approximate surface area is 197 Å². The third-order valence-electron chi connectivity index (χ3n) is 5.09. The van der Waals surface area contributed by atoms with Crippen molar-refractivity contribution in [2.24, 2.45) is 0 Å². The number of nitrogens with zero attached hydrogens (tertiary/aromatic N) is 1. The van der Waals surface area contributed by atoms with E-state index in [0.717, 1.165) is 22.3 Å². The van der Waals surface area contributed by atoms with Crippen molar-refractivity contribution >= 4 is 23.4 Å². The largest absolute Gasteiger partial charge is 0.484 e. The Kier molecular flexibility index (Phi) is 8.73. The molecule has 0 aromatic heterocycles. The highest BCUT2D eigenvalue weighted by atomic mass is 35.5. The summed E-state index contributed by atoms with van der Waals surface area (Å²) in [5, 5.41) is 3.70. The van der Waals surface area contributed by atoms with Crippen LogP contribution in [0.3, 0.4) is 0 Å². The van der Waals surface area contributed by atoms with Gasteiger partial charge in [0.1, 0.15) is 11.8 Å². The average molecular weight is 459 g/mol. The van der Waals surface area contributed by atoms with Crippen LogP contribution >= 0.6 is 11.6 Å². The van der Waals surface area contributed by atoms with Crippen molar-refractivity contribution in [3.8, 4) is 5.75 Å². The Balaban J connectivity index is 2.27. The highest BCUT2D eigenvalue weighted by Crippen LogP contribution is 2.26. The first kappa shape index (κ1) is 25.7. The Morgan fingerprint density at radius 1 is 1.09 bits per heavy atom. The Hall–Kier alpha value is -2.53. The maximum atomic E-state index is 13.3. The fourth-order valence-electron chi connectivity index (χ4n) is 3.60. The Morgan fingerprint density at radius 3 is 2.25 bits per heavy atom. The van der Waals surface area contributed by atoms with Gasteiger partial charge in [-0.1, -0.05) is 48.4 Å². The summed E-state index contributed by atoms with van der Waals surface area (Å²) in [5.74, 6) is 0.173. The minimum atomic E-state index is -0.598. The maximum Gasteiger partial charge on any atom is 0.261 e. The number of rotatable bonds is 8. The molecule has 0 heterocycles. The molecule has 174 valence electrons. The molecule has 0 aliphatic carbocycles. The average Bonchev–Trinajstić information content (AvgIpc) is 2.68. The van der Waals surface area contributed by atoms with Gasteiger partial charge in [-0.15, -0.1) is 0 Å². The summed E-state index contributed by atoms with van der Waals surface area (Å²) in [6, 6.07) is 11.0. The number of halogens is 1. The Bertz CT molecular complexity index is 943. The molecule has 0 aliphatic rings. The van der Waals surface area contributed by atoms with Crippen LogP contribution in [0.2, 0.25) is 5.02 Å². The lowest BCUT2D eigenvalue weighted by Crippen LogP contribution is -2.54. The van der Waals surface area contributed by atoms with E-state index in [1.54, 1.807) is 4.90 Å². The van der Waals surface area contributed by atoms with Crippen molar-refractivity contribution < 1.29 is 14.3 Å². The summed E-state index contributed by atoms with van der Waals surface area (Å²) in [6.45, 7) is 13.7. The smallest absolute Gasteiger partial charge is 0.261 e. The summed E-state index contributed by atoms with van der Waals surface area (Å²) >= 11 is 6.24. The molecule has 6 heteroatoms. The van der Waals surface area contributed by atoms with Gasteiger partial charge in [-0.25, -0.2) is 0 Å². The second kappa shape index (κ2) is 10.9. The lowest BCUT2D eigenvalue weighted by molar-refractivity contribution is -0.143. The van der Waals surface area contributed by atoms with E-state index in [9.17, 15) is 9.59 Å². The fraction of sp³-hybridized carbons (Fsp3) is 0.462. The molecule has 0 aliphatic heterocycles. The topological polar surface area (TPSA) is 58.6 Å². The van der Waals surface area contributed by atoms with Gasteiger partial charge in [0.05, 0.1) is 0 Å². The molecule has 0 fully saturated rings. The molecule has 5 nitrogen and oxygen atoms in total. The van der Waals surface area contributed by atoms with E-state index in [2.05, 4.69) is 5.32 Å². The molecule has 0 saturated heterocycles. The molecule has 2 rings (SSSR count). The summed E-state index contributed by atoms with van der Waals surface area (Å²) in [6.07, 6.45) is 0.499. The van der Waals surface area contributed by atoms with Gasteiger partial charge in [0, 0.05) is 17.1 Å². The molecule has 1 atom stereocenters. The van der Waals surface area contributed by atoms with Gasteiger partial charge in [-0.3, -0.25) is 9.59 Å². The minimum Gasteiger partial charge on any atom is -0.484 e. The number of nitrogens with one attached hydrogen (secondary N) is 1. The summed E-state index contributed by atoms with van der Waals surface area (Å²) < 4.78 is 5.82. The van der Waals surface area contributed by atoms with Gasteiger partial charge in [0.2, 0.25) is 5.91 Å². The first-order valence-electron chi connectivity index (χ1n) is 11.0. The normalized spacial score (nSPS) is 12.2. The van der Waals surface area contributed by atoms with E-state index in [1.807, 2.05) is 84.9 Å². The van der Waals surface area contributed by atoms with Crippen LogP contribution in [-0.2, 0) is 16.1 Å². The standard InChI is InChI=1S/C26H35ClN2O3/c1-8-22(25(31)28-26(5,6)7)29(15-20-11-9-10-17(2)12-20)23(30)16-32-21-13-18(3)24(27)19(4)14-21/h9-14,22H,8,15-16H2,1-7H3,(H,28,31)/t22-/m1/s1. The number of carbonyl (C=O) groups excluding carboxylic acids is 2. The number of ether oxygens (including phenoxy) is 1. The third-order valence-corrected chi connectivity index (χ3v) is 5.69. The van der Waals surface area contributed by atoms with E-state index in [1.165, 1.54) is 0 Å². The quantitative estimate of drug-likeness (QED) is 0.578. The van der Waals surface area contributed by atoms with Crippen LogP contribution in [0.25, 0.3) is 0 Å². The molecular formula is C26H35ClN2O3. The minimum absolute atomic E-state index is 0.161. The second-order valence-corrected chi connectivity index (χ2v) is 9.71. The van der Waals surface area contributed by atoms with Crippen LogP contribution in [0.4, 0.5) is 0 Å². The molecule has 0 radical (unpaired) electrons. The van der Waals surface area contributed by atoms with Crippen molar-refractivity contribution in [3.63, 3.8) is 0 Å². The van der Waals surface area contributed by atoms with E-state index < -0.39 is 11.6 Å². The molecule has 0 spiro atoms. The molecule has 1 N–H and O–H groups in total. The second-order valence-electron chi connectivity index (χ2n) is 9.33. The SMILES string of the molecule is CC[C@H](C(=O)NC(C)(C)C)N(Cc1cccc(C)c1)C(=O)COc1cc(C)c(Cl)c(C)c1. The van der Waals surface area contributed by atoms with E-state index >= 15 is 0 Å². The zero-order valence-electron chi connectivity index (χ0n) is 20.2. The third kappa shape index (κ3) is 7.27. The summed E-state index contributed by atoms with van der Waals surface area (Å²) in [7, 11) is 0. The van der Waals surface area contributed by atoms with Crippen molar-refractivity contribution in [2.45, 2.75) is 73.0 Å². The first-order valence-corrected chi connectivity index (χ1v) is 11.4. The Morgan fingerprint density at radius 2 is 1.72 bits per heavy atom. The monoisotopic (exact) mass is 458 g/mol. The van der Waals surface area contributed by atoms with E-state index in [-0.39, 0.29) is 18.4 Å². The van der Waals surface area contributed by atoms with Gasteiger partial charge in [-0.05, 0) is 76.8 Å². The van der Waals surface area contributed by atoms with Crippen molar-refractivity contribution in [2.75, 3.05) is 6.61 Å². The molecule has 32 heavy (non-hydrogen) atoms. The first-order chi connectivity index (χ1) is 14.9. The van der Waals surface area contributed by atoms with Crippen LogP contribution < -0.4 is 10.1 Å². The molecule has 0 bridgehead atoms. The van der Waals surface area contributed by atoms with Crippen LogP contribution in [0.15, 0.2) is 36.4 Å². The van der Waals surface area contributed by atoms with Gasteiger partial charge in [-0.2, -0.15) is 0 Å². The number of benzene rings is 2. The maximum absolute atomic E-state index is 13.3. The number of hydrogen-bond acceptors (Lipinski definition) is 3. The molecule has 0 unspecified atom stereocenters. The van der Waals surface area contributed by atoms with E-state index in [0.29, 0.717) is 23.7 Å². The van der Waals surface area contributed by atoms with Gasteiger partial charge in [0.15, 0.2) is 6.61 Å². The number of carbonyl (C=O) groups is 2. The predicted molar refractivity (Wildman–Crippen MR) is 130 cm³/mol. The molecule has 0 saturated carbocycles. The summed E-state index contributed by atoms with van der Waals surface area (Å²) in [4.78, 5) is 28.0. The number of amides is 2. The fourth-order valence-corrected chi connectivity index (χ4v) is 3.71. The summed E-state index contributed by atoms with van der Waals surface area (Å²) in [5.41, 5.74) is 3.46. The molecule has 2 aromatic carbocycles. The predicted octanol–water partition coefficient (Wildman–Crippen LogP) is 5.37. The lowest BCUT2D eigenvalue weighted by atomic mass is 10.1. The highest BCUT2D eigenvalue weighted by molar-refractivity contribution is 6.32. The van der Waals surface area contributed by atoms with E-state index in [4.69, 9.17) is 16.3 Å². The zero-order valence-corrected chi connectivity index (χ0v) is 21.0. The number of hydrogen-bond donors (Lipinski definition) is 1.